The van der Waals surface area contributed by atoms with E-state index in [-0.39, 0.29) is 29.9 Å². The average Bonchev–Trinajstić information content (AvgIpc) is 3.37. The van der Waals surface area contributed by atoms with E-state index in [2.05, 4.69) is 22.4 Å². The molecule has 8 nitrogen and oxygen atoms in total. The lowest BCUT2D eigenvalue weighted by atomic mass is 9.94. The van der Waals surface area contributed by atoms with Crippen LogP contribution in [0.2, 0.25) is 0 Å². The molecule has 1 aliphatic rings. The number of Topliss-reactive ketones (excluding diaryl/α,β-unsaturated/α-hetero) is 1. The van der Waals surface area contributed by atoms with Gasteiger partial charge in [0.1, 0.15) is 6.26 Å². The van der Waals surface area contributed by atoms with E-state index in [1.54, 1.807) is 4.90 Å². The van der Waals surface area contributed by atoms with Gasteiger partial charge >= 0.3 is 0 Å². The Morgan fingerprint density at radius 1 is 1.16 bits per heavy atom. The first kappa shape index (κ1) is 23.7. The maximum Gasteiger partial charge on any atom is 0.265 e. The summed E-state index contributed by atoms with van der Waals surface area (Å²) in [6.07, 6.45) is 5.39. The normalized spacial score (nSPS) is 15.7. The third-order valence-corrected chi connectivity index (χ3v) is 5.70. The van der Waals surface area contributed by atoms with Gasteiger partial charge in [-0.15, -0.1) is 0 Å². The fourth-order valence-electron chi connectivity index (χ4n) is 3.81. The number of hydrogen-bond donors (Lipinski definition) is 1. The summed E-state index contributed by atoms with van der Waals surface area (Å²) in [6.45, 7) is 3.92. The smallest absolute Gasteiger partial charge is 0.265 e. The van der Waals surface area contributed by atoms with Crippen LogP contribution in [0.3, 0.4) is 0 Å². The molecule has 1 N–H and O–H groups in total. The van der Waals surface area contributed by atoms with Crippen molar-refractivity contribution in [2.24, 2.45) is 5.92 Å². The lowest BCUT2D eigenvalue weighted by Crippen LogP contribution is -2.46. The molecule has 3 rings (SSSR count). The topological polar surface area (TPSA) is 102 Å². The van der Waals surface area contributed by atoms with Gasteiger partial charge in [0.05, 0.1) is 25.5 Å². The fourth-order valence-corrected chi connectivity index (χ4v) is 3.81. The van der Waals surface area contributed by atoms with Gasteiger partial charge in [-0.2, -0.15) is 0 Å². The molecule has 0 aliphatic carbocycles. The molecule has 1 saturated heterocycles. The van der Waals surface area contributed by atoms with Crippen LogP contribution in [0.4, 0.5) is 0 Å². The van der Waals surface area contributed by atoms with E-state index in [9.17, 15) is 14.4 Å². The van der Waals surface area contributed by atoms with Crippen molar-refractivity contribution >= 4 is 17.6 Å². The number of ketones is 1. The quantitative estimate of drug-likeness (QED) is 0.538. The largest absolute Gasteiger partial charge is 0.442 e. The summed E-state index contributed by atoms with van der Waals surface area (Å²) in [4.78, 5) is 44.2. The molecule has 1 aromatic carbocycles. The van der Waals surface area contributed by atoms with Crippen molar-refractivity contribution in [1.82, 2.24) is 15.2 Å². The molecule has 172 valence electrons. The van der Waals surface area contributed by atoms with Crippen LogP contribution >= 0.6 is 0 Å². The van der Waals surface area contributed by atoms with Crippen LogP contribution in [-0.4, -0.2) is 59.8 Å². The molecule has 0 radical (unpaired) electrons. The standard InChI is InChI=1S/C24H31N3O5/c1-2-20(22(29)24-25-11-14-32-24)26-23(30)19(10-6-9-18-7-4-3-5-8-18)17-21(28)27-12-15-31-16-13-27/h3-5,7-8,11,14,19-20H,2,6,9-10,12-13,15-17H2,1H3,(H,26,30)/t19?,20-/m0/s1. The van der Waals surface area contributed by atoms with E-state index in [1.807, 2.05) is 25.1 Å². The van der Waals surface area contributed by atoms with Crippen LogP contribution in [0, 0.1) is 5.92 Å². The van der Waals surface area contributed by atoms with Gasteiger partial charge < -0.3 is 19.4 Å². The predicted octanol–water partition coefficient (Wildman–Crippen LogP) is 2.64. The number of carbonyl (C=O) groups is 3. The molecule has 0 bridgehead atoms. The summed E-state index contributed by atoms with van der Waals surface area (Å²) in [5.74, 6) is -1.25. The number of oxazole rings is 1. The highest BCUT2D eigenvalue weighted by Gasteiger charge is 2.30. The second-order valence-electron chi connectivity index (χ2n) is 7.94. The van der Waals surface area contributed by atoms with Gasteiger partial charge in [-0.1, -0.05) is 37.3 Å². The average molecular weight is 442 g/mol. The number of ether oxygens (including phenoxy) is 1. The molecule has 8 heteroatoms. The van der Waals surface area contributed by atoms with E-state index >= 15 is 0 Å². The van der Waals surface area contributed by atoms with Crippen LogP contribution in [-0.2, 0) is 20.7 Å². The zero-order chi connectivity index (χ0) is 22.8. The number of benzene rings is 1. The summed E-state index contributed by atoms with van der Waals surface area (Å²) < 4.78 is 10.4. The second kappa shape index (κ2) is 12.1. The minimum atomic E-state index is -0.740. The van der Waals surface area contributed by atoms with Crippen LogP contribution in [0.5, 0.6) is 0 Å². The molecular formula is C24H31N3O5. The molecule has 1 unspecified atom stereocenters. The van der Waals surface area contributed by atoms with E-state index in [1.165, 1.54) is 18.0 Å². The molecule has 2 aromatic rings. The first-order valence-corrected chi connectivity index (χ1v) is 11.2. The third kappa shape index (κ3) is 6.75. The highest BCUT2D eigenvalue weighted by molar-refractivity contribution is 5.99. The monoisotopic (exact) mass is 441 g/mol. The predicted molar refractivity (Wildman–Crippen MR) is 118 cm³/mol. The first-order valence-electron chi connectivity index (χ1n) is 11.2. The van der Waals surface area contributed by atoms with Crippen LogP contribution in [0.15, 0.2) is 47.2 Å². The molecule has 1 fully saturated rings. The Morgan fingerprint density at radius 3 is 2.56 bits per heavy atom. The molecule has 1 aliphatic heterocycles. The first-order chi connectivity index (χ1) is 15.6. The van der Waals surface area contributed by atoms with E-state index in [0.717, 1.165) is 12.8 Å². The Morgan fingerprint density at radius 2 is 1.91 bits per heavy atom. The summed E-state index contributed by atoms with van der Waals surface area (Å²) >= 11 is 0. The van der Waals surface area contributed by atoms with Crippen molar-refractivity contribution in [2.75, 3.05) is 26.3 Å². The number of carbonyl (C=O) groups excluding carboxylic acids is 3. The Balaban J connectivity index is 1.63. The zero-order valence-electron chi connectivity index (χ0n) is 18.5. The van der Waals surface area contributed by atoms with Crippen molar-refractivity contribution in [3.8, 4) is 0 Å². The van der Waals surface area contributed by atoms with Crippen molar-refractivity contribution in [2.45, 2.75) is 45.1 Å². The van der Waals surface area contributed by atoms with Crippen LogP contribution < -0.4 is 5.32 Å². The Bertz CT molecular complexity index is 863. The summed E-state index contributed by atoms with van der Waals surface area (Å²) in [5, 5.41) is 2.83. The Hall–Kier alpha value is -3.00. The van der Waals surface area contributed by atoms with Crippen molar-refractivity contribution in [3.63, 3.8) is 0 Å². The molecule has 32 heavy (non-hydrogen) atoms. The number of nitrogens with one attached hydrogen (secondary N) is 1. The molecule has 2 heterocycles. The fraction of sp³-hybridized carbons (Fsp3) is 0.500. The summed E-state index contributed by atoms with van der Waals surface area (Å²) in [6, 6.07) is 9.31. The maximum absolute atomic E-state index is 13.1. The SMILES string of the molecule is CC[C@H](NC(=O)C(CCCc1ccccc1)CC(=O)N1CCOCC1)C(=O)c1ncco1. The highest BCUT2D eigenvalue weighted by atomic mass is 16.5. The van der Waals surface area contributed by atoms with Crippen molar-refractivity contribution < 1.29 is 23.5 Å². The number of hydrogen-bond acceptors (Lipinski definition) is 6. The van der Waals surface area contributed by atoms with E-state index in [4.69, 9.17) is 9.15 Å². The van der Waals surface area contributed by atoms with Gasteiger partial charge in [0.15, 0.2) is 0 Å². The molecule has 1 aromatic heterocycles. The lowest BCUT2D eigenvalue weighted by Gasteiger charge is -2.28. The minimum Gasteiger partial charge on any atom is -0.442 e. The number of morpholine rings is 1. The molecular weight excluding hydrogens is 410 g/mol. The van der Waals surface area contributed by atoms with E-state index < -0.39 is 12.0 Å². The zero-order valence-corrected chi connectivity index (χ0v) is 18.5. The van der Waals surface area contributed by atoms with Gasteiger partial charge in [0.25, 0.3) is 5.89 Å². The number of aryl methyl sites for hydroxylation is 1. The molecule has 2 amide bonds. The summed E-state index contributed by atoms with van der Waals surface area (Å²) in [5.41, 5.74) is 1.19. The summed E-state index contributed by atoms with van der Waals surface area (Å²) in [7, 11) is 0. The van der Waals surface area contributed by atoms with Gasteiger partial charge in [0.2, 0.25) is 17.6 Å². The maximum atomic E-state index is 13.1. The molecule has 0 saturated carbocycles. The van der Waals surface area contributed by atoms with Crippen molar-refractivity contribution in [3.05, 3.63) is 54.2 Å². The number of rotatable bonds is 11. The lowest BCUT2D eigenvalue weighted by molar-refractivity contribution is -0.139. The third-order valence-electron chi connectivity index (χ3n) is 5.70. The van der Waals surface area contributed by atoms with E-state index in [0.29, 0.717) is 39.1 Å². The van der Waals surface area contributed by atoms with Gasteiger partial charge in [-0.3, -0.25) is 14.4 Å². The number of amides is 2. The van der Waals surface area contributed by atoms with Crippen LogP contribution in [0.25, 0.3) is 0 Å². The molecule has 2 atom stereocenters. The number of aromatic nitrogens is 1. The second-order valence-corrected chi connectivity index (χ2v) is 7.94. The number of nitrogens with zero attached hydrogens (tertiary/aromatic N) is 2. The van der Waals surface area contributed by atoms with Crippen molar-refractivity contribution in [1.29, 1.82) is 0 Å². The van der Waals surface area contributed by atoms with Gasteiger partial charge in [-0.05, 0) is 31.2 Å². The van der Waals surface area contributed by atoms with Gasteiger partial charge in [0, 0.05) is 25.4 Å². The van der Waals surface area contributed by atoms with Crippen LogP contribution in [0.1, 0.15) is 48.9 Å². The molecule has 0 spiro atoms. The Labute approximate surface area is 188 Å². The van der Waals surface area contributed by atoms with Gasteiger partial charge in [-0.25, -0.2) is 4.98 Å². The Kier molecular flexibility index (Phi) is 8.98. The minimum absolute atomic E-state index is 0.0258. The highest BCUT2D eigenvalue weighted by Crippen LogP contribution is 2.18.